The van der Waals surface area contributed by atoms with Gasteiger partial charge in [0.05, 0.1) is 11.8 Å². The molecule has 2 rings (SSSR count). The molecule has 1 fully saturated rings. The minimum absolute atomic E-state index is 0.399. The maximum Gasteiger partial charge on any atom is 0.0762 e. The molecule has 1 aromatic rings. The van der Waals surface area contributed by atoms with E-state index in [0.29, 0.717) is 0 Å². The second-order valence-electron chi connectivity index (χ2n) is 4.79. The van der Waals surface area contributed by atoms with Gasteiger partial charge in [0.1, 0.15) is 0 Å². The summed E-state index contributed by atoms with van der Waals surface area (Å²) in [6.45, 7) is 4.09. The molecule has 0 amide bonds. The maximum absolute atomic E-state index is 9.56. The van der Waals surface area contributed by atoms with Crippen LogP contribution < -0.4 is 4.90 Å². The number of halogens is 1. The van der Waals surface area contributed by atoms with E-state index in [1.165, 1.54) is 31.4 Å². The van der Waals surface area contributed by atoms with Crippen LogP contribution >= 0.6 is 15.9 Å². The first-order chi connectivity index (χ1) is 8.18. The lowest BCUT2D eigenvalue weighted by molar-refractivity contribution is 0.199. The molecule has 1 atom stereocenters. The van der Waals surface area contributed by atoms with E-state index in [1.807, 2.05) is 12.1 Å². The van der Waals surface area contributed by atoms with E-state index < -0.39 is 6.10 Å². The molecule has 0 bridgehead atoms. The van der Waals surface area contributed by atoms with E-state index in [2.05, 4.69) is 26.9 Å². The summed E-state index contributed by atoms with van der Waals surface area (Å²) in [7, 11) is 0. The normalized spacial score (nSPS) is 18.9. The maximum atomic E-state index is 9.56. The van der Waals surface area contributed by atoms with Gasteiger partial charge in [0.15, 0.2) is 0 Å². The number of aliphatic hydroxyl groups is 1. The molecule has 0 aromatic heterocycles. The molecule has 0 spiro atoms. The summed E-state index contributed by atoms with van der Waals surface area (Å²) in [4.78, 5) is 2.45. The van der Waals surface area contributed by atoms with E-state index in [-0.39, 0.29) is 0 Å². The van der Waals surface area contributed by atoms with E-state index in [9.17, 15) is 5.11 Å². The van der Waals surface area contributed by atoms with Crippen LogP contribution in [0.25, 0.3) is 0 Å². The Morgan fingerprint density at radius 1 is 1.18 bits per heavy atom. The van der Waals surface area contributed by atoms with Crippen LogP contribution in [0.3, 0.4) is 0 Å². The van der Waals surface area contributed by atoms with Gasteiger partial charge in [-0.05, 0) is 53.4 Å². The van der Waals surface area contributed by atoms with Crippen molar-refractivity contribution >= 4 is 21.6 Å². The first-order valence-electron chi connectivity index (χ1n) is 6.41. The number of rotatable bonds is 2. The monoisotopic (exact) mass is 297 g/mol. The van der Waals surface area contributed by atoms with Gasteiger partial charge >= 0.3 is 0 Å². The van der Waals surface area contributed by atoms with Crippen molar-refractivity contribution in [3.8, 4) is 0 Å². The molecule has 2 nitrogen and oxygen atoms in total. The van der Waals surface area contributed by atoms with Crippen molar-refractivity contribution in [3.63, 3.8) is 0 Å². The number of hydrogen-bond acceptors (Lipinski definition) is 2. The van der Waals surface area contributed by atoms with Gasteiger partial charge in [-0.2, -0.15) is 0 Å². The predicted octanol–water partition coefficient (Wildman–Crippen LogP) is 3.88. The lowest BCUT2D eigenvalue weighted by Crippen LogP contribution is -2.24. The average molecular weight is 298 g/mol. The topological polar surface area (TPSA) is 23.5 Å². The van der Waals surface area contributed by atoms with Crippen molar-refractivity contribution in [1.82, 2.24) is 0 Å². The number of aliphatic hydroxyl groups excluding tert-OH is 1. The first-order valence-corrected chi connectivity index (χ1v) is 7.20. The van der Waals surface area contributed by atoms with E-state index in [0.717, 1.165) is 23.1 Å². The highest BCUT2D eigenvalue weighted by Crippen LogP contribution is 2.30. The van der Waals surface area contributed by atoms with Crippen molar-refractivity contribution in [3.05, 3.63) is 28.2 Å². The van der Waals surface area contributed by atoms with E-state index >= 15 is 0 Å². The van der Waals surface area contributed by atoms with Gasteiger partial charge in [-0.1, -0.05) is 18.9 Å². The fraction of sp³-hybridized carbons (Fsp3) is 0.571. The summed E-state index contributed by atoms with van der Waals surface area (Å²) >= 11 is 3.62. The highest BCUT2D eigenvalue weighted by molar-refractivity contribution is 9.10. The highest BCUT2D eigenvalue weighted by Gasteiger charge is 2.13. The molecule has 3 heteroatoms. The molecular formula is C14H20BrNO. The molecule has 1 aromatic carbocycles. The number of anilines is 1. The van der Waals surface area contributed by atoms with Gasteiger partial charge in [-0.15, -0.1) is 0 Å². The third-order valence-corrected chi connectivity index (χ3v) is 4.04. The molecule has 0 saturated carbocycles. The van der Waals surface area contributed by atoms with Gasteiger partial charge in [0.25, 0.3) is 0 Å². The molecular weight excluding hydrogens is 278 g/mol. The standard InChI is InChI=1S/C14H20BrNO/c1-11(17)12-6-7-14(13(15)10-12)16-8-4-2-3-5-9-16/h6-7,10-11,17H,2-5,8-9H2,1H3. The molecule has 1 aliphatic rings. The Balaban J connectivity index is 2.19. The summed E-state index contributed by atoms with van der Waals surface area (Å²) in [6, 6.07) is 6.18. The molecule has 1 N–H and O–H groups in total. The summed E-state index contributed by atoms with van der Waals surface area (Å²) in [5.41, 5.74) is 2.23. The molecule has 0 radical (unpaired) electrons. The smallest absolute Gasteiger partial charge is 0.0762 e. The second-order valence-corrected chi connectivity index (χ2v) is 5.64. The average Bonchev–Trinajstić information content (AvgIpc) is 2.57. The first kappa shape index (κ1) is 12.9. The molecule has 1 heterocycles. The molecule has 94 valence electrons. The summed E-state index contributed by atoms with van der Waals surface area (Å²) in [6.07, 6.45) is 4.86. The van der Waals surface area contributed by atoms with Crippen LogP contribution in [0.5, 0.6) is 0 Å². The van der Waals surface area contributed by atoms with Crippen molar-refractivity contribution in [2.45, 2.75) is 38.7 Å². The number of benzene rings is 1. The van der Waals surface area contributed by atoms with Gasteiger partial charge in [-0.25, -0.2) is 0 Å². The van der Waals surface area contributed by atoms with Gasteiger partial charge < -0.3 is 10.0 Å². The summed E-state index contributed by atoms with van der Waals surface area (Å²) in [5.74, 6) is 0. The fourth-order valence-electron chi connectivity index (χ4n) is 2.35. The van der Waals surface area contributed by atoms with Crippen molar-refractivity contribution in [1.29, 1.82) is 0 Å². The second kappa shape index (κ2) is 5.87. The fourth-order valence-corrected chi connectivity index (χ4v) is 3.00. The minimum Gasteiger partial charge on any atom is -0.389 e. The van der Waals surface area contributed by atoms with Crippen LogP contribution in [0.4, 0.5) is 5.69 Å². The SMILES string of the molecule is CC(O)c1ccc(N2CCCCCC2)c(Br)c1. The minimum atomic E-state index is -0.399. The summed E-state index contributed by atoms with van der Waals surface area (Å²) < 4.78 is 1.10. The van der Waals surface area contributed by atoms with Crippen LogP contribution in [0.2, 0.25) is 0 Å². The van der Waals surface area contributed by atoms with Crippen molar-refractivity contribution in [2.24, 2.45) is 0 Å². The Kier molecular flexibility index (Phi) is 4.46. The Bertz CT molecular complexity index is 370. The molecule has 1 saturated heterocycles. The van der Waals surface area contributed by atoms with Crippen LogP contribution in [0, 0.1) is 0 Å². The molecule has 1 unspecified atom stereocenters. The van der Waals surface area contributed by atoms with Gasteiger partial charge in [0, 0.05) is 17.6 Å². The Hall–Kier alpha value is -0.540. The van der Waals surface area contributed by atoms with Crippen LogP contribution in [0.15, 0.2) is 22.7 Å². The Labute approximate surface area is 112 Å². The zero-order valence-electron chi connectivity index (χ0n) is 10.3. The van der Waals surface area contributed by atoms with Crippen LogP contribution in [0.1, 0.15) is 44.3 Å². The van der Waals surface area contributed by atoms with Crippen molar-refractivity contribution in [2.75, 3.05) is 18.0 Å². The Morgan fingerprint density at radius 2 is 1.82 bits per heavy atom. The van der Waals surface area contributed by atoms with E-state index in [4.69, 9.17) is 0 Å². The van der Waals surface area contributed by atoms with Gasteiger partial charge in [0.2, 0.25) is 0 Å². The molecule has 0 aliphatic carbocycles. The molecule has 17 heavy (non-hydrogen) atoms. The lowest BCUT2D eigenvalue weighted by atomic mass is 10.1. The zero-order valence-corrected chi connectivity index (χ0v) is 11.9. The van der Waals surface area contributed by atoms with Crippen LogP contribution in [-0.2, 0) is 0 Å². The quantitative estimate of drug-likeness (QED) is 0.895. The third-order valence-electron chi connectivity index (χ3n) is 3.40. The highest BCUT2D eigenvalue weighted by atomic mass is 79.9. The lowest BCUT2D eigenvalue weighted by Gasteiger charge is -2.24. The third kappa shape index (κ3) is 3.23. The summed E-state index contributed by atoms with van der Waals surface area (Å²) in [5, 5.41) is 9.56. The zero-order chi connectivity index (χ0) is 12.3. The molecule has 1 aliphatic heterocycles. The number of nitrogens with zero attached hydrogens (tertiary/aromatic N) is 1. The van der Waals surface area contributed by atoms with E-state index in [1.54, 1.807) is 6.92 Å². The largest absolute Gasteiger partial charge is 0.389 e. The van der Waals surface area contributed by atoms with Crippen LogP contribution in [-0.4, -0.2) is 18.2 Å². The van der Waals surface area contributed by atoms with Crippen molar-refractivity contribution < 1.29 is 5.11 Å². The number of hydrogen-bond donors (Lipinski definition) is 1. The predicted molar refractivity (Wildman–Crippen MR) is 75.5 cm³/mol. The Morgan fingerprint density at radius 3 is 2.35 bits per heavy atom. The van der Waals surface area contributed by atoms with Gasteiger partial charge in [-0.3, -0.25) is 0 Å².